The molecule has 1 aromatic rings. The zero-order valence-electron chi connectivity index (χ0n) is 9.01. The zero-order valence-corrected chi connectivity index (χ0v) is 11.3. The second-order valence-electron chi connectivity index (χ2n) is 3.56. The molecule has 0 spiro atoms. The van der Waals surface area contributed by atoms with Crippen LogP contribution in [0.1, 0.15) is 17.3 Å². The number of nitrogens with zero attached hydrogens (tertiary/aromatic N) is 1. The van der Waals surface area contributed by atoms with Crippen molar-refractivity contribution >= 4 is 33.4 Å². The van der Waals surface area contributed by atoms with E-state index in [0.29, 0.717) is 6.54 Å². The SMILES string of the molecule is CC(Br)CN(C)C(=O)c1c(F)cccc1Cl. The number of halogens is 3. The number of hydrogen-bond acceptors (Lipinski definition) is 1. The Balaban J connectivity index is 2.96. The van der Waals surface area contributed by atoms with Crippen LogP contribution < -0.4 is 0 Å². The number of rotatable bonds is 3. The fraction of sp³-hybridized carbons (Fsp3) is 0.364. The Bertz CT molecular complexity index is 377. The molecule has 1 atom stereocenters. The minimum atomic E-state index is -0.591. The molecule has 5 heteroatoms. The quantitative estimate of drug-likeness (QED) is 0.784. The van der Waals surface area contributed by atoms with Gasteiger partial charge < -0.3 is 4.90 Å². The van der Waals surface area contributed by atoms with Crippen molar-refractivity contribution in [2.75, 3.05) is 13.6 Å². The highest BCUT2D eigenvalue weighted by Gasteiger charge is 2.19. The largest absolute Gasteiger partial charge is 0.340 e. The molecule has 1 unspecified atom stereocenters. The number of alkyl halides is 1. The monoisotopic (exact) mass is 307 g/mol. The van der Waals surface area contributed by atoms with Crippen LogP contribution in [0.3, 0.4) is 0 Å². The van der Waals surface area contributed by atoms with Gasteiger partial charge in [-0.15, -0.1) is 0 Å². The first-order valence-corrected chi connectivity index (χ1v) is 6.06. The van der Waals surface area contributed by atoms with E-state index in [9.17, 15) is 9.18 Å². The van der Waals surface area contributed by atoms with E-state index in [-0.39, 0.29) is 15.4 Å². The van der Waals surface area contributed by atoms with E-state index >= 15 is 0 Å². The maximum absolute atomic E-state index is 13.5. The van der Waals surface area contributed by atoms with Gasteiger partial charge in [-0.3, -0.25) is 4.79 Å². The van der Waals surface area contributed by atoms with Crippen LogP contribution in [0.5, 0.6) is 0 Å². The summed E-state index contributed by atoms with van der Waals surface area (Å²) in [5, 5.41) is 0.138. The molecular formula is C11H12BrClFNO. The van der Waals surface area contributed by atoms with Gasteiger partial charge in [0.15, 0.2) is 0 Å². The molecule has 1 amide bonds. The van der Waals surface area contributed by atoms with Gasteiger partial charge in [0.25, 0.3) is 5.91 Å². The summed E-state index contributed by atoms with van der Waals surface area (Å²) in [5.41, 5.74) is -0.0696. The highest BCUT2D eigenvalue weighted by Crippen LogP contribution is 2.20. The molecule has 0 fully saturated rings. The second kappa shape index (κ2) is 5.64. The topological polar surface area (TPSA) is 20.3 Å². The molecule has 0 aliphatic rings. The van der Waals surface area contributed by atoms with Crippen molar-refractivity contribution < 1.29 is 9.18 Å². The standard InChI is InChI=1S/C11H12BrClFNO/c1-7(12)6-15(2)11(16)10-8(13)4-3-5-9(10)14/h3-5,7H,6H2,1-2H3. The average Bonchev–Trinajstić information content (AvgIpc) is 2.16. The van der Waals surface area contributed by atoms with Crippen LogP contribution >= 0.6 is 27.5 Å². The summed E-state index contributed by atoms with van der Waals surface area (Å²) in [6.45, 7) is 2.40. The Morgan fingerprint density at radius 3 is 2.75 bits per heavy atom. The third-order valence-electron chi connectivity index (χ3n) is 2.05. The Morgan fingerprint density at radius 1 is 1.62 bits per heavy atom. The van der Waals surface area contributed by atoms with Crippen LogP contribution in [0.25, 0.3) is 0 Å². The summed E-state index contributed by atoms with van der Waals surface area (Å²) in [5.74, 6) is -0.999. The lowest BCUT2D eigenvalue weighted by Gasteiger charge is -2.19. The number of amides is 1. The molecule has 0 radical (unpaired) electrons. The van der Waals surface area contributed by atoms with Crippen LogP contribution in [0.15, 0.2) is 18.2 Å². The van der Waals surface area contributed by atoms with E-state index < -0.39 is 11.7 Å². The number of hydrogen-bond donors (Lipinski definition) is 0. The number of carbonyl (C=O) groups excluding carboxylic acids is 1. The van der Waals surface area contributed by atoms with E-state index in [1.54, 1.807) is 7.05 Å². The van der Waals surface area contributed by atoms with Crippen LogP contribution in [0.2, 0.25) is 5.02 Å². The molecule has 1 aromatic carbocycles. The maximum Gasteiger partial charge on any atom is 0.258 e. The smallest absolute Gasteiger partial charge is 0.258 e. The highest BCUT2D eigenvalue weighted by molar-refractivity contribution is 9.09. The van der Waals surface area contributed by atoms with E-state index in [2.05, 4.69) is 15.9 Å². The third kappa shape index (κ3) is 3.19. The van der Waals surface area contributed by atoms with Gasteiger partial charge in [-0.05, 0) is 12.1 Å². The first-order chi connectivity index (χ1) is 7.43. The Kier molecular flexibility index (Phi) is 4.74. The minimum Gasteiger partial charge on any atom is -0.340 e. The predicted octanol–water partition coefficient (Wildman–Crippen LogP) is 3.33. The van der Waals surface area contributed by atoms with Gasteiger partial charge in [0, 0.05) is 18.4 Å². The van der Waals surface area contributed by atoms with E-state index in [1.165, 1.54) is 23.1 Å². The van der Waals surface area contributed by atoms with Gasteiger partial charge in [0.05, 0.1) is 10.6 Å². The summed E-state index contributed by atoms with van der Waals surface area (Å²) in [4.78, 5) is 13.5. The molecule has 0 aliphatic heterocycles. The van der Waals surface area contributed by atoms with Crippen molar-refractivity contribution in [3.8, 4) is 0 Å². The molecule has 0 aliphatic carbocycles. The van der Waals surface area contributed by atoms with Gasteiger partial charge in [0.2, 0.25) is 0 Å². The van der Waals surface area contributed by atoms with Gasteiger partial charge in [-0.2, -0.15) is 0 Å². The van der Waals surface area contributed by atoms with E-state index in [1.807, 2.05) is 6.92 Å². The van der Waals surface area contributed by atoms with E-state index in [4.69, 9.17) is 11.6 Å². The van der Waals surface area contributed by atoms with Crippen molar-refractivity contribution in [1.29, 1.82) is 0 Å². The van der Waals surface area contributed by atoms with Crippen LogP contribution in [-0.4, -0.2) is 29.2 Å². The maximum atomic E-state index is 13.5. The van der Waals surface area contributed by atoms with Crippen molar-refractivity contribution in [2.24, 2.45) is 0 Å². The van der Waals surface area contributed by atoms with Crippen LogP contribution in [0.4, 0.5) is 4.39 Å². The molecule has 0 aromatic heterocycles. The summed E-state index contributed by atoms with van der Waals surface area (Å²) >= 11 is 9.14. The highest BCUT2D eigenvalue weighted by atomic mass is 79.9. The van der Waals surface area contributed by atoms with Crippen molar-refractivity contribution in [2.45, 2.75) is 11.8 Å². The molecule has 0 N–H and O–H groups in total. The molecule has 2 nitrogen and oxygen atoms in total. The van der Waals surface area contributed by atoms with Crippen molar-refractivity contribution in [3.05, 3.63) is 34.6 Å². The first-order valence-electron chi connectivity index (χ1n) is 4.77. The summed E-state index contributed by atoms with van der Waals surface area (Å²) < 4.78 is 13.5. The summed E-state index contributed by atoms with van der Waals surface area (Å²) in [6, 6.07) is 4.20. The average molecular weight is 309 g/mol. The number of carbonyl (C=O) groups is 1. The fourth-order valence-electron chi connectivity index (χ4n) is 1.35. The molecule has 0 saturated carbocycles. The normalized spacial score (nSPS) is 12.3. The molecular weight excluding hydrogens is 296 g/mol. The lowest BCUT2D eigenvalue weighted by molar-refractivity contribution is 0.0793. The van der Waals surface area contributed by atoms with Crippen LogP contribution in [-0.2, 0) is 0 Å². The lowest BCUT2D eigenvalue weighted by Crippen LogP contribution is -2.32. The van der Waals surface area contributed by atoms with Crippen LogP contribution in [0, 0.1) is 5.82 Å². The van der Waals surface area contributed by atoms with Crippen molar-refractivity contribution in [1.82, 2.24) is 4.90 Å². The molecule has 0 heterocycles. The zero-order chi connectivity index (χ0) is 12.3. The lowest BCUT2D eigenvalue weighted by atomic mass is 10.2. The molecule has 0 saturated heterocycles. The van der Waals surface area contributed by atoms with Gasteiger partial charge in [-0.1, -0.05) is 40.5 Å². The summed E-state index contributed by atoms with van der Waals surface area (Å²) in [7, 11) is 1.61. The predicted molar refractivity (Wildman–Crippen MR) is 66.8 cm³/mol. The molecule has 1 rings (SSSR count). The molecule has 16 heavy (non-hydrogen) atoms. The Morgan fingerprint density at radius 2 is 2.25 bits per heavy atom. The second-order valence-corrected chi connectivity index (χ2v) is 5.53. The molecule has 88 valence electrons. The fourth-order valence-corrected chi connectivity index (χ4v) is 2.03. The third-order valence-corrected chi connectivity index (χ3v) is 2.65. The van der Waals surface area contributed by atoms with Gasteiger partial charge >= 0.3 is 0 Å². The Labute approximate surface area is 108 Å². The minimum absolute atomic E-state index is 0.0696. The van der Waals surface area contributed by atoms with Crippen molar-refractivity contribution in [3.63, 3.8) is 0 Å². The van der Waals surface area contributed by atoms with Gasteiger partial charge in [-0.25, -0.2) is 4.39 Å². The van der Waals surface area contributed by atoms with Gasteiger partial charge in [0.1, 0.15) is 5.82 Å². The first kappa shape index (κ1) is 13.5. The number of benzene rings is 1. The van der Waals surface area contributed by atoms with E-state index in [0.717, 1.165) is 0 Å². The summed E-state index contributed by atoms with van der Waals surface area (Å²) in [6.07, 6.45) is 0. The molecule has 0 bridgehead atoms. The Hall–Kier alpha value is -0.610.